The summed E-state index contributed by atoms with van der Waals surface area (Å²) in [5.74, 6) is -1.10. The van der Waals surface area contributed by atoms with E-state index < -0.39 is 5.97 Å². The van der Waals surface area contributed by atoms with E-state index in [0.717, 1.165) is 0 Å². The SMILES string of the molecule is C=C(/C=C(Cl)\C=C/N)C(=O)O. The fourth-order valence-corrected chi connectivity index (χ4v) is 0.573. The molecule has 0 heterocycles. The molecular formula is C7H8ClNO2. The number of carboxylic acids is 1. The Balaban J connectivity index is 4.31. The Kier molecular flexibility index (Phi) is 4.07. The Labute approximate surface area is 69.5 Å². The maximum absolute atomic E-state index is 10.2. The number of hydrogen-bond donors (Lipinski definition) is 2. The van der Waals surface area contributed by atoms with Crippen molar-refractivity contribution in [2.24, 2.45) is 5.73 Å². The van der Waals surface area contributed by atoms with Crippen LogP contribution in [0.15, 0.2) is 35.5 Å². The van der Waals surface area contributed by atoms with Crippen LogP contribution in [0.25, 0.3) is 0 Å². The number of aliphatic carboxylic acids is 1. The molecule has 3 nitrogen and oxygen atoms in total. The number of carboxylic acid groups (broad SMARTS) is 1. The molecule has 0 aliphatic rings. The molecule has 0 aromatic heterocycles. The fraction of sp³-hybridized carbons (Fsp3) is 0. The van der Waals surface area contributed by atoms with Crippen molar-refractivity contribution in [2.45, 2.75) is 0 Å². The lowest BCUT2D eigenvalue weighted by molar-refractivity contribution is -0.132. The summed E-state index contributed by atoms with van der Waals surface area (Å²) in [6.45, 7) is 3.24. The minimum atomic E-state index is -1.10. The summed E-state index contributed by atoms with van der Waals surface area (Å²) < 4.78 is 0. The minimum Gasteiger partial charge on any atom is -0.478 e. The molecule has 0 rings (SSSR count). The number of rotatable bonds is 3. The van der Waals surface area contributed by atoms with E-state index in [4.69, 9.17) is 22.4 Å². The molecule has 0 aromatic carbocycles. The van der Waals surface area contributed by atoms with Gasteiger partial charge in [0.2, 0.25) is 0 Å². The molecular weight excluding hydrogens is 166 g/mol. The van der Waals surface area contributed by atoms with Crippen LogP contribution in [0.2, 0.25) is 0 Å². The summed E-state index contributed by atoms with van der Waals surface area (Å²) in [5.41, 5.74) is 4.92. The van der Waals surface area contributed by atoms with Crippen LogP contribution in [0, 0.1) is 0 Å². The summed E-state index contributed by atoms with van der Waals surface area (Å²) in [6, 6.07) is 0. The third-order valence-electron chi connectivity index (χ3n) is 0.842. The van der Waals surface area contributed by atoms with Crippen molar-refractivity contribution in [3.63, 3.8) is 0 Å². The topological polar surface area (TPSA) is 63.3 Å². The molecule has 60 valence electrons. The van der Waals surface area contributed by atoms with Crippen molar-refractivity contribution in [3.05, 3.63) is 35.5 Å². The molecule has 0 unspecified atom stereocenters. The summed E-state index contributed by atoms with van der Waals surface area (Å²) in [5, 5.41) is 8.58. The number of allylic oxidation sites excluding steroid dienone is 2. The summed E-state index contributed by atoms with van der Waals surface area (Å²) >= 11 is 5.49. The predicted molar refractivity (Wildman–Crippen MR) is 44.0 cm³/mol. The third kappa shape index (κ3) is 4.22. The molecule has 0 saturated heterocycles. The van der Waals surface area contributed by atoms with Crippen molar-refractivity contribution < 1.29 is 9.90 Å². The first-order valence-corrected chi connectivity index (χ1v) is 3.13. The van der Waals surface area contributed by atoms with Crippen LogP contribution in [-0.4, -0.2) is 11.1 Å². The Morgan fingerprint density at radius 1 is 1.64 bits per heavy atom. The highest BCUT2D eigenvalue weighted by Gasteiger charge is 1.99. The lowest BCUT2D eigenvalue weighted by atomic mass is 10.3. The highest BCUT2D eigenvalue weighted by Crippen LogP contribution is 2.06. The third-order valence-corrected chi connectivity index (χ3v) is 1.08. The van der Waals surface area contributed by atoms with Gasteiger partial charge in [-0.25, -0.2) is 4.79 Å². The van der Waals surface area contributed by atoms with Crippen LogP contribution >= 0.6 is 11.6 Å². The summed E-state index contributed by atoms with van der Waals surface area (Å²) in [4.78, 5) is 10.2. The van der Waals surface area contributed by atoms with Crippen molar-refractivity contribution in [2.75, 3.05) is 0 Å². The maximum atomic E-state index is 10.2. The first kappa shape index (κ1) is 9.78. The highest BCUT2D eigenvalue weighted by atomic mass is 35.5. The summed E-state index contributed by atoms with van der Waals surface area (Å²) in [6.07, 6.45) is 3.80. The van der Waals surface area contributed by atoms with Crippen LogP contribution in [0.3, 0.4) is 0 Å². The van der Waals surface area contributed by atoms with Crippen LogP contribution in [-0.2, 0) is 4.79 Å². The first-order valence-electron chi connectivity index (χ1n) is 2.75. The van der Waals surface area contributed by atoms with E-state index in [9.17, 15) is 4.79 Å². The molecule has 0 saturated carbocycles. The van der Waals surface area contributed by atoms with Gasteiger partial charge in [-0.3, -0.25) is 0 Å². The van der Waals surface area contributed by atoms with E-state index in [1.807, 2.05) is 0 Å². The van der Waals surface area contributed by atoms with Gasteiger partial charge in [0.25, 0.3) is 0 Å². The molecule has 0 aromatic rings. The van der Waals surface area contributed by atoms with Gasteiger partial charge in [0.05, 0.1) is 5.57 Å². The van der Waals surface area contributed by atoms with Gasteiger partial charge in [-0.2, -0.15) is 0 Å². The van der Waals surface area contributed by atoms with Crippen LogP contribution in [0.5, 0.6) is 0 Å². The van der Waals surface area contributed by atoms with Crippen LogP contribution in [0.4, 0.5) is 0 Å². The lowest BCUT2D eigenvalue weighted by Crippen LogP contribution is -1.95. The van der Waals surface area contributed by atoms with Crippen molar-refractivity contribution in [1.82, 2.24) is 0 Å². The van der Waals surface area contributed by atoms with Gasteiger partial charge in [0.15, 0.2) is 0 Å². The van der Waals surface area contributed by atoms with Gasteiger partial charge in [-0.1, -0.05) is 18.2 Å². The highest BCUT2D eigenvalue weighted by molar-refractivity contribution is 6.31. The zero-order valence-electron chi connectivity index (χ0n) is 5.75. The van der Waals surface area contributed by atoms with Crippen LogP contribution < -0.4 is 5.73 Å². The standard InChI is InChI=1S/C7H8ClNO2/c1-5(7(10)11)4-6(8)2-3-9/h2-4H,1,9H2,(H,10,11)/b3-2-,6-4+. The molecule has 0 aliphatic carbocycles. The number of hydrogen-bond acceptors (Lipinski definition) is 2. The monoisotopic (exact) mass is 173 g/mol. The minimum absolute atomic E-state index is 0.0758. The van der Waals surface area contributed by atoms with Gasteiger partial charge in [-0.15, -0.1) is 0 Å². The van der Waals surface area contributed by atoms with E-state index in [-0.39, 0.29) is 10.6 Å². The van der Waals surface area contributed by atoms with Gasteiger partial charge in [0.1, 0.15) is 0 Å². The smallest absolute Gasteiger partial charge is 0.335 e. The second kappa shape index (κ2) is 4.57. The maximum Gasteiger partial charge on any atom is 0.335 e. The molecule has 4 heteroatoms. The van der Waals surface area contributed by atoms with Crippen LogP contribution in [0.1, 0.15) is 0 Å². The van der Waals surface area contributed by atoms with E-state index in [2.05, 4.69) is 6.58 Å². The predicted octanol–water partition coefficient (Wildman–Crippen LogP) is 1.22. The molecule has 3 N–H and O–H groups in total. The van der Waals surface area contributed by atoms with Crippen molar-refractivity contribution in [3.8, 4) is 0 Å². The first-order chi connectivity index (χ1) is 5.07. The number of nitrogens with two attached hydrogens (primary N) is 1. The average molecular weight is 174 g/mol. The Morgan fingerprint density at radius 3 is 2.55 bits per heavy atom. The van der Waals surface area contributed by atoms with Gasteiger partial charge in [-0.05, 0) is 18.4 Å². The quantitative estimate of drug-likeness (QED) is 0.498. The van der Waals surface area contributed by atoms with Gasteiger partial charge < -0.3 is 10.8 Å². The second-order valence-corrected chi connectivity index (χ2v) is 2.16. The van der Waals surface area contributed by atoms with E-state index in [0.29, 0.717) is 0 Å². The Morgan fingerprint density at radius 2 is 2.18 bits per heavy atom. The lowest BCUT2D eigenvalue weighted by Gasteiger charge is -1.90. The second-order valence-electron chi connectivity index (χ2n) is 1.72. The van der Waals surface area contributed by atoms with E-state index in [1.165, 1.54) is 18.4 Å². The number of carbonyl (C=O) groups is 1. The molecule has 0 radical (unpaired) electrons. The molecule has 0 spiro atoms. The Bertz CT molecular complexity index is 231. The molecule has 0 bridgehead atoms. The molecule has 0 fully saturated rings. The average Bonchev–Trinajstić information content (AvgIpc) is 1.87. The normalized spacial score (nSPS) is 11.9. The zero-order valence-corrected chi connectivity index (χ0v) is 6.51. The molecule has 11 heavy (non-hydrogen) atoms. The van der Waals surface area contributed by atoms with E-state index >= 15 is 0 Å². The van der Waals surface area contributed by atoms with Crippen molar-refractivity contribution >= 4 is 17.6 Å². The Hall–Kier alpha value is -1.22. The summed E-state index contributed by atoms with van der Waals surface area (Å²) in [7, 11) is 0. The molecule has 0 atom stereocenters. The largest absolute Gasteiger partial charge is 0.478 e. The van der Waals surface area contributed by atoms with Gasteiger partial charge >= 0.3 is 5.97 Å². The van der Waals surface area contributed by atoms with E-state index in [1.54, 1.807) is 0 Å². The van der Waals surface area contributed by atoms with Crippen molar-refractivity contribution in [1.29, 1.82) is 0 Å². The fourth-order valence-electron chi connectivity index (χ4n) is 0.368. The van der Waals surface area contributed by atoms with Gasteiger partial charge in [0, 0.05) is 5.03 Å². The molecule has 0 aliphatic heterocycles. The molecule has 0 amide bonds. The zero-order chi connectivity index (χ0) is 8.85. The number of halogens is 1.